The first kappa shape index (κ1) is 22.0. The lowest BCUT2D eigenvalue weighted by Gasteiger charge is -2.12. The lowest BCUT2D eigenvalue weighted by molar-refractivity contribution is -0.150. The normalized spacial score (nSPS) is 11.7. The fourth-order valence-electron chi connectivity index (χ4n) is 2.54. The number of esters is 1. The van der Waals surface area contributed by atoms with E-state index in [4.69, 9.17) is 14.2 Å². The molecule has 0 aromatic heterocycles. The van der Waals surface area contributed by atoms with Gasteiger partial charge in [0, 0.05) is 12.6 Å². The highest BCUT2D eigenvalue weighted by molar-refractivity contribution is 5.90. The summed E-state index contributed by atoms with van der Waals surface area (Å²) in [5.74, 6) is 0.256. The van der Waals surface area contributed by atoms with Crippen molar-refractivity contribution < 1.29 is 23.8 Å². The second-order valence-corrected chi connectivity index (χ2v) is 6.46. The van der Waals surface area contributed by atoms with Gasteiger partial charge in [-0.1, -0.05) is 35.9 Å². The Balaban J connectivity index is 1.87. The molecule has 0 aliphatic heterocycles. The molecule has 1 N–H and O–H groups in total. The van der Waals surface area contributed by atoms with Crippen LogP contribution in [0.3, 0.4) is 0 Å². The van der Waals surface area contributed by atoms with Gasteiger partial charge >= 0.3 is 5.97 Å². The summed E-state index contributed by atoms with van der Waals surface area (Å²) < 4.78 is 15.9. The molecule has 0 heterocycles. The van der Waals surface area contributed by atoms with Gasteiger partial charge < -0.3 is 19.5 Å². The van der Waals surface area contributed by atoms with Crippen molar-refractivity contribution in [1.82, 2.24) is 5.32 Å². The number of amides is 1. The maximum Gasteiger partial charge on any atom is 0.331 e. The monoisotopic (exact) mass is 397 g/mol. The van der Waals surface area contributed by atoms with Crippen LogP contribution in [-0.4, -0.2) is 31.7 Å². The van der Waals surface area contributed by atoms with Gasteiger partial charge in [-0.25, -0.2) is 4.79 Å². The van der Waals surface area contributed by atoms with E-state index >= 15 is 0 Å². The molecular formula is C23H27NO5. The SMILES string of the molecule is CCOc1cc(/C=C/C(=O)O[C@@H](C)C(=O)NCc2ccc(C)cc2)ccc1OC. The van der Waals surface area contributed by atoms with Crippen LogP contribution in [-0.2, 0) is 20.9 Å². The zero-order valence-electron chi connectivity index (χ0n) is 17.2. The van der Waals surface area contributed by atoms with Crippen molar-refractivity contribution in [3.63, 3.8) is 0 Å². The highest BCUT2D eigenvalue weighted by Gasteiger charge is 2.16. The van der Waals surface area contributed by atoms with E-state index in [2.05, 4.69) is 5.32 Å². The topological polar surface area (TPSA) is 73.9 Å². The van der Waals surface area contributed by atoms with Gasteiger partial charge in [0.15, 0.2) is 17.6 Å². The fraction of sp³-hybridized carbons (Fsp3) is 0.304. The Labute approximate surface area is 171 Å². The van der Waals surface area contributed by atoms with Crippen LogP contribution in [0.25, 0.3) is 6.08 Å². The van der Waals surface area contributed by atoms with Gasteiger partial charge in [0.05, 0.1) is 13.7 Å². The molecule has 0 unspecified atom stereocenters. The lowest BCUT2D eigenvalue weighted by Crippen LogP contribution is -2.35. The van der Waals surface area contributed by atoms with Gasteiger partial charge in [-0.15, -0.1) is 0 Å². The Morgan fingerprint density at radius 2 is 1.83 bits per heavy atom. The van der Waals surface area contributed by atoms with Gasteiger partial charge in [0.25, 0.3) is 5.91 Å². The number of benzene rings is 2. The van der Waals surface area contributed by atoms with E-state index in [-0.39, 0.29) is 5.91 Å². The molecule has 2 aromatic rings. The Bertz CT molecular complexity index is 858. The minimum Gasteiger partial charge on any atom is -0.493 e. The van der Waals surface area contributed by atoms with E-state index in [1.54, 1.807) is 31.4 Å². The summed E-state index contributed by atoms with van der Waals surface area (Å²) in [6.07, 6.45) is 1.98. The third-order valence-corrected chi connectivity index (χ3v) is 4.15. The van der Waals surface area contributed by atoms with Crippen molar-refractivity contribution in [3.05, 3.63) is 65.2 Å². The predicted octanol–water partition coefficient (Wildman–Crippen LogP) is 3.66. The summed E-state index contributed by atoms with van der Waals surface area (Å²) in [6, 6.07) is 13.2. The number of methoxy groups -OCH3 is 1. The molecule has 0 fully saturated rings. The van der Waals surface area contributed by atoms with Gasteiger partial charge in [-0.3, -0.25) is 4.79 Å². The number of hydrogen-bond donors (Lipinski definition) is 1. The van der Waals surface area contributed by atoms with Crippen LogP contribution in [0.4, 0.5) is 0 Å². The fourth-order valence-corrected chi connectivity index (χ4v) is 2.54. The molecule has 6 nitrogen and oxygen atoms in total. The van der Waals surface area contributed by atoms with E-state index in [9.17, 15) is 9.59 Å². The highest BCUT2D eigenvalue weighted by Crippen LogP contribution is 2.28. The number of aryl methyl sites for hydroxylation is 1. The molecule has 0 aliphatic rings. The van der Waals surface area contributed by atoms with E-state index in [0.29, 0.717) is 24.7 Å². The van der Waals surface area contributed by atoms with Gasteiger partial charge in [0.1, 0.15) is 0 Å². The second kappa shape index (κ2) is 10.9. The van der Waals surface area contributed by atoms with E-state index < -0.39 is 12.1 Å². The van der Waals surface area contributed by atoms with E-state index in [0.717, 1.165) is 16.7 Å². The molecule has 154 valence electrons. The van der Waals surface area contributed by atoms with Crippen molar-refractivity contribution in [2.24, 2.45) is 0 Å². The molecular weight excluding hydrogens is 370 g/mol. The van der Waals surface area contributed by atoms with Crippen LogP contribution < -0.4 is 14.8 Å². The molecule has 2 aromatic carbocycles. The molecule has 6 heteroatoms. The second-order valence-electron chi connectivity index (χ2n) is 6.46. The Morgan fingerprint density at radius 1 is 1.10 bits per heavy atom. The first-order valence-electron chi connectivity index (χ1n) is 9.45. The first-order chi connectivity index (χ1) is 13.9. The number of ether oxygens (including phenoxy) is 3. The summed E-state index contributed by atoms with van der Waals surface area (Å²) in [5.41, 5.74) is 2.88. The lowest BCUT2D eigenvalue weighted by atomic mass is 10.1. The Morgan fingerprint density at radius 3 is 2.48 bits per heavy atom. The van der Waals surface area contributed by atoms with Crippen molar-refractivity contribution in [1.29, 1.82) is 0 Å². The van der Waals surface area contributed by atoms with Crippen molar-refractivity contribution in [2.45, 2.75) is 33.4 Å². The van der Waals surface area contributed by atoms with Crippen LogP contribution in [0.1, 0.15) is 30.5 Å². The molecule has 1 atom stereocenters. The van der Waals surface area contributed by atoms with E-state index in [1.807, 2.05) is 38.1 Å². The molecule has 0 radical (unpaired) electrons. The smallest absolute Gasteiger partial charge is 0.331 e. The largest absolute Gasteiger partial charge is 0.493 e. The zero-order chi connectivity index (χ0) is 21.2. The van der Waals surface area contributed by atoms with Crippen LogP contribution >= 0.6 is 0 Å². The number of rotatable bonds is 9. The molecule has 29 heavy (non-hydrogen) atoms. The number of carbonyl (C=O) groups excluding carboxylic acids is 2. The maximum atomic E-state index is 12.1. The quantitative estimate of drug-likeness (QED) is 0.516. The standard InChI is InChI=1S/C23H27NO5/c1-5-28-21-14-18(10-12-20(21)27-4)11-13-22(25)29-17(3)23(26)24-15-19-8-6-16(2)7-9-19/h6-14,17H,5,15H2,1-4H3,(H,24,26)/b13-11+/t17-/m0/s1. The minimum atomic E-state index is -0.896. The van der Waals surface area contributed by atoms with Crippen LogP contribution in [0, 0.1) is 6.92 Å². The first-order valence-corrected chi connectivity index (χ1v) is 9.45. The van der Waals surface area contributed by atoms with Crippen LogP contribution in [0.2, 0.25) is 0 Å². The third-order valence-electron chi connectivity index (χ3n) is 4.15. The van der Waals surface area contributed by atoms with Crippen LogP contribution in [0.15, 0.2) is 48.5 Å². The molecule has 0 saturated carbocycles. The van der Waals surface area contributed by atoms with Crippen molar-refractivity contribution in [3.8, 4) is 11.5 Å². The Hall–Kier alpha value is -3.28. The zero-order valence-corrected chi connectivity index (χ0v) is 17.2. The van der Waals surface area contributed by atoms with Gasteiger partial charge in [-0.2, -0.15) is 0 Å². The molecule has 2 rings (SSSR count). The average molecular weight is 397 g/mol. The maximum absolute atomic E-state index is 12.1. The summed E-state index contributed by atoms with van der Waals surface area (Å²) in [4.78, 5) is 24.2. The van der Waals surface area contributed by atoms with E-state index in [1.165, 1.54) is 13.0 Å². The summed E-state index contributed by atoms with van der Waals surface area (Å²) in [6.45, 7) is 6.30. The summed E-state index contributed by atoms with van der Waals surface area (Å²) >= 11 is 0. The van der Waals surface area contributed by atoms with Gasteiger partial charge in [0.2, 0.25) is 0 Å². The predicted molar refractivity (Wildman–Crippen MR) is 112 cm³/mol. The van der Waals surface area contributed by atoms with Crippen molar-refractivity contribution >= 4 is 18.0 Å². The summed E-state index contributed by atoms with van der Waals surface area (Å²) in [5, 5.41) is 2.76. The highest BCUT2D eigenvalue weighted by atomic mass is 16.5. The number of nitrogens with one attached hydrogen (secondary N) is 1. The van der Waals surface area contributed by atoms with Crippen LogP contribution in [0.5, 0.6) is 11.5 Å². The Kier molecular flexibility index (Phi) is 8.27. The molecule has 0 spiro atoms. The molecule has 0 saturated heterocycles. The third kappa shape index (κ3) is 6.99. The number of hydrogen-bond acceptors (Lipinski definition) is 5. The summed E-state index contributed by atoms with van der Waals surface area (Å²) in [7, 11) is 1.57. The number of carbonyl (C=O) groups is 2. The molecule has 0 bridgehead atoms. The van der Waals surface area contributed by atoms with Gasteiger partial charge in [-0.05, 0) is 50.1 Å². The average Bonchev–Trinajstić information content (AvgIpc) is 2.72. The molecule has 0 aliphatic carbocycles. The molecule has 1 amide bonds. The minimum absolute atomic E-state index is 0.351. The van der Waals surface area contributed by atoms with Crippen molar-refractivity contribution in [2.75, 3.05) is 13.7 Å².